The number of aryl methyl sites for hydroxylation is 1. The fourth-order valence-corrected chi connectivity index (χ4v) is 4.36. The third-order valence-electron chi connectivity index (χ3n) is 6.54. The molecule has 2 amide bonds. The van der Waals surface area contributed by atoms with Gasteiger partial charge in [-0.05, 0) is 42.0 Å². The SMILES string of the molecule is CNc1ncc2cc(-c3cccc(NC(=O)Nc4cc(C(C)(C)C)nn4-c4cccc(C#N)c4)c3)c(=O)n(C)c2n1. The highest BCUT2D eigenvalue weighted by Crippen LogP contribution is 2.27. The number of carbonyl (C=O) groups is 1. The summed E-state index contributed by atoms with van der Waals surface area (Å²) in [6, 6.07) is 19.3. The molecular formula is C30H29N9O2. The number of benzene rings is 2. The van der Waals surface area contributed by atoms with Gasteiger partial charge >= 0.3 is 6.03 Å². The Morgan fingerprint density at radius 3 is 2.54 bits per heavy atom. The Balaban J connectivity index is 1.44. The molecule has 3 heterocycles. The normalized spacial score (nSPS) is 11.2. The van der Waals surface area contributed by atoms with Gasteiger partial charge in [-0.25, -0.2) is 14.5 Å². The zero-order valence-corrected chi connectivity index (χ0v) is 23.4. The molecule has 0 unspecified atom stereocenters. The van der Waals surface area contributed by atoms with Gasteiger partial charge in [-0.15, -0.1) is 0 Å². The zero-order valence-electron chi connectivity index (χ0n) is 23.4. The van der Waals surface area contributed by atoms with Gasteiger partial charge < -0.3 is 10.6 Å². The van der Waals surface area contributed by atoms with Crippen molar-refractivity contribution in [3.8, 4) is 22.9 Å². The van der Waals surface area contributed by atoms with Crippen LogP contribution in [0.5, 0.6) is 0 Å². The molecule has 0 saturated carbocycles. The van der Waals surface area contributed by atoms with E-state index in [0.29, 0.717) is 50.9 Å². The smallest absolute Gasteiger partial charge is 0.324 e. The lowest BCUT2D eigenvalue weighted by Gasteiger charge is -2.14. The van der Waals surface area contributed by atoms with E-state index in [4.69, 9.17) is 5.10 Å². The van der Waals surface area contributed by atoms with Crippen molar-refractivity contribution in [3.63, 3.8) is 0 Å². The first kappa shape index (κ1) is 27.1. The Hall–Kier alpha value is -5.50. The maximum Gasteiger partial charge on any atom is 0.324 e. The highest BCUT2D eigenvalue weighted by molar-refractivity contribution is 6.00. The van der Waals surface area contributed by atoms with Gasteiger partial charge in [0.1, 0.15) is 11.5 Å². The van der Waals surface area contributed by atoms with Crippen molar-refractivity contribution in [2.24, 2.45) is 7.05 Å². The molecule has 0 spiro atoms. The van der Waals surface area contributed by atoms with Crippen molar-refractivity contribution in [2.45, 2.75) is 26.2 Å². The molecular weight excluding hydrogens is 518 g/mol. The van der Waals surface area contributed by atoms with Gasteiger partial charge in [-0.2, -0.15) is 15.3 Å². The molecule has 11 nitrogen and oxygen atoms in total. The second-order valence-electron chi connectivity index (χ2n) is 10.5. The number of anilines is 3. The first-order valence-corrected chi connectivity index (χ1v) is 12.9. The number of fused-ring (bicyclic) bond motifs is 1. The minimum atomic E-state index is -0.486. The van der Waals surface area contributed by atoms with Crippen LogP contribution in [0.2, 0.25) is 0 Å². The van der Waals surface area contributed by atoms with Gasteiger partial charge in [0.2, 0.25) is 5.95 Å². The van der Waals surface area contributed by atoms with Crippen molar-refractivity contribution >= 4 is 34.5 Å². The van der Waals surface area contributed by atoms with E-state index in [1.165, 1.54) is 4.57 Å². The lowest BCUT2D eigenvalue weighted by atomic mass is 9.92. The molecule has 0 aliphatic carbocycles. The fourth-order valence-electron chi connectivity index (χ4n) is 4.36. The van der Waals surface area contributed by atoms with E-state index in [1.54, 1.807) is 73.5 Å². The molecule has 0 saturated heterocycles. The van der Waals surface area contributed by atoms with E-state index in [2.05, 4.69) is 32.0 Å². The van der Waals surface area contributed by atoms with E-state index < -0.39 is 6.03 Å². The van der Waals surface area contributed by atoms with Crippen molar-refractivity contribution in [2.75, 3.05) is 23.0 Å². The number of urea groups is 1. The van der Waals surface area contributed by atoms with Gasteiger partial charge in [0.05, 0.1) is 23.0 Å². The molecule has 0 aliphatic heterocycles. The van der Waals surface area contributed by atoms with Crippen molar-refractivity contribution < 1.29 is 4.79 Å². The molecule has 0 fully saturated rings. The molecule has 2 aromatic carbocycles. The van der Waals surface area contributed by atoms with Crippen LogP contribution in [-0.2, 0) is 12.5 Å². The summed E-state index contributed by atoms with van der Waals surface area (Å²) in [5.41, 5.74) is 3.51. The Labute approximate surface area is 236 Å². The molecule has 0 aliphatic rings. The summed E-state index contributed by atoms with van der Waals surface area (Å²) < 4.78 is 3.09. The van der Waals surface area contributed by atoms with Crippen LogP contribution in [0, 0.1) is 11.3 Å². The van der Waals surface area contributed by atoms with Crippen LogP contribution < -0.4 is 21.5 Å². The third-order valence-corrected chi connectivity index (χ3v) is 6.54. The first-order valence-electron chi connectivity index (χ1n) is 12.9. The lowest BCUT2D eigenvalue weighted by molar-refractivity contribution is 0.262. The standard InChI is InChI=1S/C30H29N9O2/c1-30(2,3)24-15-25(39(37-24)22-11-6-8-18(12-22)16-31)35-29(41)34-21-10-7-9-19(13-21)23-14-20-17-33-28(32-4)36-26(20)38(5)27(23)40/h6-15,17H,1-5H3,(H,32,33,36)(H2,34,35,41). The molecule has 5 aromatic rings. The monoisotopic (exact) mass is 547 g/mol. The summed E-state index contributed by atoms with van der Waals surface area (Å²) in [5, 5.41) is 23.4. The molecule has 3 aromatic heterocycles. The first-order chi connectivity index (χ1) is 19.6. The highest BCUT2D eigenvalue weighted by Gasteiger charge is 2.22. The van der Waals surface area contributed by atoms with E-state index in [-0.39, 0.29) is 11.0 Å². The molecule has 206 valence electrons. The summed E-state index contributed by atoms with van der Waals surface area (Å²) >= 11 is 0. The van der Waals surface area contributed by atoms with E-state index >= 15 is 0 Å². The van der Waals surface area contributed by atoms with Crippen LogP contribution >= 0.6 is 0 Å². The van der Waals surface area contributed by atoms with Crippen LogP contribution in [0.1, 0.15) is 32.0 Å². The van der Waals surface area contributed by atoms with Crippen LogP contribution in [-0.4, -0.2) is 37.4 Å². The van der Waals surface area contributed by atoms with Gasteiger partial charge in [-0.1, -0.05) is 39.0 Å². The molecule has 0 radical (unpaired) electrons. The Bertz CT molecular complexity index is 1890. The summed E-state index contributed by atoms with van der Waals surface area (Å²) in [5.74, 6) is 0.870. The van der Waals surface area contributed by atoms with Crippen molar-refractivity contribution in [1.82, 2.24) is 24.3 Å². The molecule has 3 N–H and O–H groups in total. The molecule has 5 rings (SSSR count). The zero-order chi connectivity index (χ0) is 29.3. The van der Waals surface area contributed by atoms with Gasteiger partial charge in [-0.3, -0.25) is 14.7 Å². The number of pyridine rings is 1. The number of rotatable bonds is 5. The van der Waals surface area contributed by atoms with Crippen molar-refractivity contribution in [1.29, 1.82) is 5.26 Å². The minimum absolute atomic E-state index is 0.224. The number of hydrogen-bond donors (Lipinski definition) is 3. The number of nitrogens with one attached hydrogen (secondary N) is 3. The van der Waals surface area contributed by atoms with Crippen LogP contribution in [0.15, 0.2) is 71.7 Å². The molecule has 0 bridgehead atoms. The van der Waals surface area contributed by atoms with E-state index in [9.17, 15) is 14.9 Å². The average Bonchev–Trinajstić information content (AvgIpc) is 3.39. The Morgan fingerprint density at radius 2 is 1.80 bits per heavy atom. The maximum atomic E-state index is 13.2. The number of nitrogens with zero attached hydrogens (tertiary/aromatic N) is 6. The number of carbonyl (C=O) groups excluding carboxylic acids is 1. The van der Waals surface area contributed by atoms with Crippen LogP contribution in [0.4, 0.5) is 22.2 Å². The average molecular weight is 548 g/mol. The summed E-state index contributed by atoms with van der Waals surface area (Å²) in [6.45, 7) is 6.09. The minimum Gasteiger partial charge on any atom is -0.357 e. The topological polar surface area (TPSA) is 143 Å². The third kappa shape index (κ3) is 5.49. The number of amides is 2. The number of hydrogen-bond acceptors (Lipinski definition) is 7. The van der Waals surface area contributed by atoms with E-state index in [1.807, 2.05) is 32.9 Å². The number of aromatic nitrogens is 5. The second-order valence-corrected chi connectivity index (χ2v) is 10.5. The Morgan fingerprint density at radius 1 is 1.02 bits per heavy atom. The predicted octanol–water partition coefficient (Wildman–Crippen LogP) is 5.04. The quantitative estimate of drug-likeness (QED) is 0.280. The molecule has 11 heteroatoms. The van der Waals surface area contributed by atoms with Gasteiger partial charge in [0.25, 0.3) is 5.56 Å². The van der Waals surface area contributed by atoms with E-state index in [0.717, 1.165) is 5.69 Å². The second kappa shape index (κ2) is 10.6. The van der Waals surface area contributed by atoms with Crippen LogP contribution in [0.3, 0.4) is 0 Å². The lowest BCUT2D eigenvalue weighted by Crippen LogP contribution is -2.22. The van der Waals surface area contributed by atoms with Gasteiger partial charge in [0, 0.05) is 48.4 Å². The predicted molar refractivity (Wildman–Crippen MR) is 159 cm³/mol. The summed E-state index contributed by atoms with van der Waals surface area (Å²) in [4.78, 5) is 35.0. The summed E-state index contributed by atoms with van der Waals surface area (Å²) in [6.07, 6.45) is 1.66. The molecule has 41 heavy (non-hydrogen) atoms. The maximum absolute atomic E-state index is 13.2. The highest BCUT2D eigenvalue weighted by atomic mass is 16.2. The summed E-state index contributed by atoms with van der Waals surface area (Å²) in [7, 11) is 3.38. The fraction of sp³-hybridized carbons (Fsp3) is 0.200. The number of nitriles is 1. The Kier molecular flexibility index (Phi) is 6.99. The largest absolute Gasteiger partial charge is 0.357 e. The van der Waals surface area contributed by atoms with Gasteiger partial charge in [0.15, 0.2) is 0 Å². The molecule has 0 atom stereocenters. The van der Waals surface area contributed by atoms with Crippen LogP contribution in [0.25, 0.3) is 27.8 Å². The van der Waals surface area contributed by atoms with Crippen molar-refractivity contribution in [3.05, 3.63) is 88.5 Å².